The Kier molecular flexibility index (Phi) is 5.03. The zero-order valence-corrected chi connectivity index (χ0v) is 11.6. The number of esters is 1. The van der Waals surface area contributed by atoms with E-state index >= 15 is 0 Å². The van der Waals surface area contributed by atoms with E-state index in [2.05, 4.69) is 11.2 Å². The molecule has 1 saturated heterocycles. The Labute approximate surface area is 119 Å². The summed E-state index contributed by atoms with van der Waals surface area (Å²) in [5.74, 6) is 2.98. The van der Waals surface area contributed by atoms with Crippen LogP contribution in [0.5, 0.6) is 5.75 Å². The van der Waals surface area contributed by atoms with E-state index in [0.29, 0.717) is 0 Å². The molecule has 0 aromatic heterocycles. The third-order valence-electron chi connectivity index (χ3n) is 3.30. The molecule has 4 heteroatoms. The summed E-state index contributed by atoms with van der Waals surface area (Å²) in [7, 11) is 0. The fraction of sp³-hybridized carbons (Fsp3) is 0.438. The van der Waals surface area contributed by atoms with Crippen LogP contribution in [-0.2, 0) is 16.0 Å². The third kappa shape index (κ3) is 4.01. The first kappa shape index (κ1) is 14.4. The van der Waals surface area contributed by atoms with Gasteiger partial charge in [-0.2, -0.15) is 0 Å². The lowest BCUT2D eigenvalue weighted by atomic mass is 10.0. The number of carbonyl (C=O) groups is 1. The van der Waals surface area contributed by atoms with Crippen molar-refractivity contribution in [2.75, 3.05) is 13.2 Å². The summed E-state index contributed by atoms with van der Waals surface area (Å²) in [4.78, 5) is 11.1. The van der Waals surface area contributed by atoms with E-state index in [4.69, 9.17) is 15.9 Å². The van der Waals surface area contributed by atoms with Crippen molar-refractivity contribution in [3.8, 4) is 18.1 Å². The van der Waals surface area contributed by atoms with Crippen LogP contribution in [0.25, 0.3) is 0 Å². The highest BCUT2D eigenvalue weighted by atomic mass is 16.5. The number of hydrogen-bond donors (Lipinski definition) is 1. The Morgan fingerprint density at radius 1 is 1.45 bits per heavy atom. The lowest BCUT2D eigenvalue weighted by Crippen LogP contribution is -2.35. The molecule has 0 saturated carbocycles. The molecule has 106 valence electrons. The average Bonchev–Trinajstić information content (AvgIpc) is 2.84. The van der Waals surface area contributed by atoms with Crippen LogP contribution >= 0.6 is 0 Å². The van der Waals surface area contributed by atoms with Gasteiger partial charge < -0.3 is 14.8 Å². The van der Waals surface area contributed by atoms with E-state index in [9.17, 15) is 4.79 Å². The van der Waals surface area contributed by atoms with Gasteiger partial charge in [-0.1, -0.05) is 18.1 Å². The van der Waals surface area contributed by atoms with Crippen molar-refractivity contribution in [2.24, 2.45) is 0 Å². The molecule has 1 aliphatic rings. The maximum atomic E-state index is 11.1. The van der Waals surface area contributed by atoms with Crippen molar-refractivity contribution in [3.05, 3.63) is 29.8 Å². The van der Waals surface area contributed by atoms with Crippen LogP contribution < -0.4 is 10.1 Å². The molecule has 1 N–H and O–H groups in total. The van der Waals surface area contributed by atoms with E-state index in [1.54, 1.807) is 0 Å². The second-order valence-corrected chi connectivity index (χ2v) is 4.84. The maximum Gasteiger partial charge on any atom is 0.302 e. The molecule has 1 aromatic carbocycles. The van der Waals surface area contributed by atoms with Crippen LogP contribution in [0.4, 0.5) is 0 Å². The molecule has 2 atom stereocenters. The molecule has 2 rings (SSSR count). The van der Waals surface area contributed by atoms with Gasteiger partial charge in [0.15, 0.2) is 0 Å². The summed E-state index contributed by atoms with van der Waals surface area (Å²) in [6, 6.07) is 8.01. The number of benzene rings is 1. The highest BCUT2D eigenvalue weighted by Gasteiger charge is 2.29. The van der Waals surface area contributed by atoms with Gasteiger partial charge in [-0.05, 0) is 37.1 Å². The molecule has 1 heterocycles. The summed E-state index contributed by atoms with van der Waals surface area (Å²) in [5, 5.41) is 3.37. The van der Waals surface area contributed by atoms with Crippen LogP contribution in [0, 0.1) is 12.3 Å². The van der Waals surface area contributed by atoms with Gasteiger partial charge in [0.1, 0.15) is 18.5 Å². The molecule has 1 aliphatic heterocycles. The molecule has 0 amide bonds. The topological polar surface area (TPSA) is 47.6 Å². The SMILES string of the molecule is C#CCOc1ccc(C[C@H]2NCC[C@H]2OC(C)=O)cc1. The minimum Gasteiger partial charge on any atom is -0.481 e. The van der Waals surface area contributed by atoms with Crippen molar-refractivity contribution in [1.29, 1.82) is 0 Å². The third-order valence-corrected chi connectivity index (χ3v) is 3.30. The van der Waals surface area contributed by atoms with E-state index in [1.807, 2.05) is 24.3 Å². The Morgan fingerprint density at radius 3 is 2.85 bits per heavy atom. The van der Waals surface area contributed by atoms with Gasteiger partial charge >= 0.3 is 5.97 Å². The maximum absolute atomic E-state index is 11.1. The fourth-order valence-corrected chi connectivity index (χ4v) is 2.40. The van der Waals surface area contributed by atoms with Crippen LogP contribution in [0.1, 0.15) is 18.9 Å². The Balaban J connectivity index is 1.92. The van der Waals surface area contributed by atoms with Gasteiger partial charge in [0.25, 0.3) is 0 Å². The quantitative estimate of drug-likeness (QED) is 0.653. The lowest BCUT2D eigenvalue weighted by Gasteiger charge is -2.19. The first-order chi connectivity index (χ1) is 9.69. The van der Waals surface area contributed by atoms with Crippen molar-refractivity contribution in [2.45, 2.75) is 31.9 Å². The molecule has 1 fully saturated rings. The van der Waals surface area contributed by atoms with Gasteiger partial charge in [-0.25, -0.2) is 0 Å². The molecular formula is C16H19NO3. The Hall–Kier alpha value is -1.99. The largest absolute Gasteiger partial charge is 0.481 e. The van der Waals surface area contributed by atoms with Gasteiger partial charge in [0.2, 0.25) is 0 Å². The predicted molar refractivity (Wildman–Crippen MR) is 76.4 cm³/mol. The van der Waals surface area contributed by atoms with Crippen molar-refractivity contribution < 1.29 is 14.3 Å². The second-order valence-electron chi connectivity index (χ2n) is 4.84. The number of hydrogen-bond acceptors (Lipinski definition) is 4. The van der Waals surface area contributed by atoms with E-state index in [-0.39, 0.29) is 24.7 Å². The molecule has 0 spiro atoms. The predicted octanol–water partition coefficient (Wildman–Crippen LogP) is 1.53. The standard InChI is InChI=1S/C16H19NO3/c1-3-10-19-14-6-4-13(5-7-14)11-15-16(8-9-17-15)20-12(2)18/h1,4-7,15-17H,8-11H2,2H3/t15-,16-/m1/s1. The average molecular weight is 273 g/mol. The summed E-state index contributed by atoms with van der Waals surface area (Å²) >= 11 is 0. The van der Waals surface area contributed by atoms with Crippen molar-refractivity contribution in [3.63, 3.8) is 0 Å². The minimum absolute atomic E-state index is 0.0372. The highest BCUT2D eigenvalue weighted by Crippen LogP contribution is 2.18. The Bertz CT molecular complexity index is 489. The van der Waals surface area contributed by atoms with Gasteiger partial charge in [-0.15, -0.1) is 6.42 Å². The number of nitrogens with one attached hydrogen (secondary N) is 1. The molecule has 0 radical (unpaired) electrons. The van der Waals surface area contributed by atoms with Crippen LogP contribution in [0.2, 0.25) is 0 Å². The number of rotatable bonds is 5. The molecule has 1 aromatic rings. The molecule has 0 aliphatic carbocycles. The smallest absolute Gasteiger partial charge is 0.302 e. The molecular weight excluding hydrogens is 254 g/mol. The summed E-state index contributed by atoms with van der Waals surface area (Å²) in [6.45, 7) is 2.61. The van der Waals surface area contributed by atoms with Gasteiger partial charge in [-0.3, -0.25) is 4.79 Å². The second kappa shape index (κ2) is 6.97. The summed E-state index contributed by atoms with van der Waals surface area (Å²) in [5.41, 5.74) is 1.18. The van der Waals surface area contributed by atoms with E-state index in [0.717, 1.165) is 25.1 Å². The summed E-state index contributed by atoms with van der Waals surface area (Å²) in [6.07, 6.45) is 6.80. The molecule has 0 bridgehead atoms. The normalized spacial score (nSPS) is 21.2. The first-order valence-electron chi connectivity index (χ1n) is 6.75. The van der Waals surface area contributed by atoms with Gasteiger partial charge in [0, 0.05) is 13.0 Å². The van der Waals surface area contributed by atoms with Crippen molar-refractivity contribution in [1.82, 2.24) is 5.32 Å². The van der Waals surface area contributed by atoms with Crippen LogP contribution in [-0.4, -0.2) is 31.3 Å². The van der Waals surface area contributed by atoms with Crippen molar-refractivity contribution >= 4 is 5.97 Å². The van der Waals surface area contributed by atoms with Crippen LogP contribution in [0.15, 0.2) is 24.3 Å². The number of carbonyl (C=O) groups excluding carboxylic acids is 1. The number of ether oxygens (including phenoxy) is 2. The molecule has 4 nitrogen and oxygen atoms in total. The van der Waals surface area contributed by atoms with Gasteiger partial charge in [0.05, 0.1) is 0 Å². The molecule has 20 heavy (non-hydrogen) atoms. The zero-order valence-electron chi connectivity index (χ0n) is 11.6. The van der Waals surface area contributed by atoms with Crippen LogP contribution in [0.3, 0.4) is 0 Å². The highest BCUT2D eigenvalue weighted by molar-refractivity contribution is 5.66. The number of terminal acetylenes is 1. The fourth-order valence-electron chi connectivity index (χ4n) is 2.40. The minimum atomic E-state index is -0.221. The first-order valence-corrected chi connectivity index (χ1v) is 6.75. The Morgan fingerprint density at radius 2 is 2.20 bits per heavy atom. The lowest BCUT2D eigenvalue weighted by molar-refractivity contribution is -0.146. The van der Waals surface area contributed by atoms with E-state index in [1.165, 1.54) is 12.5 Å². The molecule has 0 unspecified atom stereocenters. The monoisotopic (exact) mass is 273 g/mol. The summed E-state index contributed by atoms with van der Waals surface area (Å²) < 4.78 is 10.7. The van der Waals surface area contributed by atoms with E-state index < -0.39 is 0 Å². The zero-order chi connectivity index (χ0) is 14.4.